The summed E-state index contributed by atoms with van der Waals surface area (Å²) in [4.78, 5) is 31.5. The lowest BCUT2D eigenvalue weighted by molar-refractivity contribution is -0.128. The van der Waals surface area contributed by atoms with Gasteiger partial charge in [0.1, 0.15) is 0 Å². The number of hydrogen-bond donors (Lipinski definition) is 1. The molecule has 0 bridgehead atoms. The zero-order valence-corrected chi connectivity index (χ0v) is 17.5. The summed E-state index contributed by atoms with van der Waals surface area (Å²) >= 11 is 1.66. The number of carbonyl (C=O) groups excluding carboxylic acids is 2. The summed E-state index contributed by atoms with van der Waals surface area (Å²) < 4.78 is 1.07. The number of anilines is 1. The first-order valence-corrected chi connectivity index (χ1v) is 10.8. The van der Waals surface area contributed by atoms with Crippen LogP contribution < -0.4 is 5.32 Å². The minimum absolute atomic E-state index is 0.0561. The minimum Gasteiger partial charge on any atom is -0.342 e. The van der Waals surface area contributed by atoms with E-state index >= 15 is 0 Å². The fourth-order valence-electron chi connectivity index (χ4n) is 3.58. The second kappa shape index (κ2) is 8.33. The number of amides is 2. The Morgan fingerprint density at radius 2 is 2.03 bits per heavy atom. The van der Waals surface area contributed by atoms with Crippen molar-refractivity contribution in [2.45, 2.75) is 32.6 Å². The van der Waals surface area contributed by atoms with Gasteiger partial charge in [0.25, 0.3) is 0 Å². The number of carbonyl (C=O) groups is 2. The Labute approximate surface area is 174 Å². The maximum Gasteiger partial charge on any atom is 0.229 e. The first-order chi connectivity index (χ1) is 14.0. The maximum absolute atomic E-state index is 12.7. The standard InChI is InChI=1S/C23H25N3O2S/c1-15(2)23-25-19-9-8-18(13-20(19)29-23)24-22(28)17-12-21(27)26(14-17)11-10-16-6-4-3-5-7-16/h3-9,13,15,17H,10-12,14H2,1-2H3,(H,24,28). The summed E-state index contributed by atoms with van der Waals surface area (Å²) in [6.45, 7) is 5.39. The predicted molar refractivity (Wildman–Crippen MR) is 117 cm³/mol. The van der Waals surface area contributed by atoms with Crippen molar-refractivity contribution in [1.29, 1.82) is 0 Å². The molecule has 1 fully saturated rings. The van der Waals surface area contributed by atoms with Crippen LogP contribution in [0, 0.1) is 5.92 Å². The fraction of sp³-hybridized carbons (Fsp3) is 0.348. The van der Waals surface area contributed by atoms with Crippen molar-refractivity contribution in [3.05, 3.63) is 59.1 Å². The van der Waals surface area contributed by atoms with Crippen molar-refractivity contribution < 1.29 is 9.59 Å². The lowest BCUT2D eigenvalue weighted by Gasteiger charge is -2.16. The van der Waals surface area contributed by atoms with Crippen molar-refractivity contribution in [2.24, 2.45) is 5.92 Å². The summed E-state index contributed by atoms with van der Waals surface area (Å²) in [5, 5.41) is 4.09. The zero-order valence-electron chi connectivity index (χ0n) is 16.7. The molecule has 0 saturated carbocycles. The van der Waals surface area contributed by atoms with Crippen LogP contribution in [0.15, 0.2) is 48.5 Å². The molecule has 1 aliphatic rings. The summed E-state index contributed by atoms with van der Waals surface area (Å²) in [7, 11) is 0. The van der Waals surface area contributed by atoms with E-state index in [1.807, 2.05) is 36.4 Å². The molecule has 29 heavy (non-hydrogen) atoms. The van der Waals surface area contributed by atoms with Crippen LogP contribution in [0.4, 0.5) is 5.69 Å². The second-order valence-electron chi connectivity index (χ2n) is 7.85. The van der Waals surface area contributed by atoms with Gasteiger partial charge in [-0.15, -0.1) is 11.3 Å². The van der Waals surface area contributed by atoms with Gasteiger partial charge in [0.2, 0.25) is 11.8 Å². The molecule has 1 N–H and O–H groups in total. The van der Waals surface area contributed by atoms with Gasteiger partial charge in [0, 0.05) is 31.1 Å². The van der Waals surface area contributed by atoms with Crippen molar-refractivity contribution >= 4 is 39.1 Å². The van der Waals surface area contributed by atoms with E-state index < -0.39 is 0 Å². The van der Waals surface area contributed by atoms with E-state index in [9.17, 15) is 9.59 Å². The average molecular weight is 408 g/mol. The smallest absolute Gasteiger partial charge is 0.229 e. The Morgan fingerprint density at radius 1 is 1.24 bits per heavy atom. The highest BCUT2D eigenvalue weighted by Crippen LogP contribution is 2.30. The van der Waals surface area contributed by atoms with Gasteiger partial charge in [0.05, 0.1) is 21.1 Å². The normalized spacial score (nSPS) is 16.7. The van der Waals surface area contributed by atoms with Crippen molar-refractivity contribution in [3.8, 4) is 0 Å². The van der Waals surface area contributed by atoms with Crippen LogP contribution in [0.1, 0.15) is 36.8 Å². The third-order valence-electron chi connectivity index (χ3n) is 5.26. The van der Waals surface area contributed by atoms with Crippen LogP contribution in [0.2, 0.25) is 0 Å². The number of rotatable bonds is 6. The van der Waals surface area contributed by atoms with Crippen molar-refractivity contribution in [1.82, 2.24) is 9.88 Å². The molecule has 1 aromatic heterocycles. The lowest BCUT2D eigenvalue weighted by Crippen LogP contribution is -2.30. The molecule has 150 valence electrons. The van der Waals surface area contributed by atoms with Gasteiger partial charge in [-0.2, -0.15) is 0 Å². The van der Waals surface area contributed by atoms with E-state index in [1.165, 1.54) is 5.56 Å². The third kappa shape index (κ3) is 4.48. The molecule has 2 heterocycles. The highest BCUT2D eigenvalue weighted by Gasteiger charge is 2.34. The van der Waals surface area contributed by atoms with Crippen LogP contribution in [0.5, 0.6) is 0 Å². The second-order valence-corrected chi connectivity index (χ2v) is 8.92. The number of nitrogens with one attached hydrogen (secondary N) is 1. The Kier molecular flexibility index (Phi) is 5.62. The molecule has 6 heteroatoms. The molecule has 1 atom stereocenters. The van der Waals surface area contributed by atoms with Crippen LogP contribution in [0.3, 0.4) is 0 Å². The molecular weight excluding hydrogens is 382 g/mol. The number of aromatic nitrogens is 1. The van der Waals surface area contributed by atoms with Gasteiger partial charge in [-0.1, -0.05) is 44.2 Å². The summed E-state index contributed by atoms with van der Waals surface area (Å²) in [6, 6.07) is 15.9. The monoisotopic (exact) mass is 407 g/mol. The molecule has 0 aliphatic carbocycles. The molecule has 0 radical (unpaired) electrons. The van der Waals surface area contributed by atoms with Crippen molar-refractivity contribution in [3.63, 3.8) is 0 Å². The maximum atomic E-state index is 12.7. The van der Waals surface area contributed by atoms with E-state index in [0.29, 0.717) is 19.0 Å². The van der Waals surface area contributed by atoms with Gasteiger partial charge in [-0.3, -0.25) is 9.59 Å². The summed E-state index contributed by atoms with van der Waals surface area (Å²) in [6.07, 6.45) is 1.09. The van der Waals surface area contributed by atoms with Crippen LogP contribution in [-0.2, 0) is 16.0 Å². The summed E-state index contributed by atoms with van der Waals surface area (Å²) in [5.41, 5.74) is 2.92. The predicted octanol–water partition coefficient (Wildman–Crippen LogP) is 4.45. The Balaban J connectivity index is 1.37. The first-order valence-electron chi connectivity index (χ1n) is 10.0. The number of thiazole rings is 1. The van der Waals surface area contributed by atoms with E-state index in [-0.39, 0.29) is 24.2 Å². The number of likely N-dealkylation sites (tertiary alicyclic amines) is 1. The Bertz CT molecular complexity index is 1030. The van der Waals surface area contributed by atoms with Crippen molar-refractivity contribution in [2.75, 3.05) is 18.4 Å². The van der Waals surface area contributed by atoms with Crippen LogP contribution >= 0.6 is 11.3 Å². The van der Waals surface area contributed by atoms with E-state index in [0.717, 1.165) is 27.3 Å². The quantitative estimate of drug-likeness (QED) is 0.657. The van der Waals surface area contributed by atoms with E-state index in [1.54, 1.807) is 16.2 Å². The third-order valence-corrected chi connectivity index (χ3v) is 6.58. The molecule has 1 aliphatic heterocycles. The average Bonchev–Trinajstić information content (AvgIpc) is 3.30. The Hall–Kier alpha value is -2.73. The van der Waals surface area contributed by atoms with Gasteiger partial charge < -0.3 is 10.2 Å². The van der Waals surface area contributed by atoms with Gasteiger partial charge >= 0.3 is 0 Å². The molecular formula is C23H25N3O2S. The van der Waals surface area contributed by atoms with Crippen LogP contribution in [-0.4, -0.2) is 34.8 Å². The number of fused-ring (bicyclic) bond motifs is 1. The molecule has 4 rings (SSSR count). The molecule has 0 spiro atoms. The van der Waals surface area contributed by atoms with Gasteiger partial charge in [0.15, 0.2) is 0 Å². The van der Waals surface area contributed by atoms with Gasteiger partial charge in [-0.05, 0) is 30.2 Å². The van der Waals surface area contributed by atoms with Crippen LogP contribution in [0.25, 0.3) is 10.2 Å². The number of hydrogen-bond acceptors (Lipinski definition) is 4. The fourth-order valence-corrected chi connectivity index (χ4v) is 4.59. The molecule has 3 aromatic rings. The number of nitrogens with zero attached hydrogens (tertiary/aromatic N) is 2. The summed E-state index contributed by atoms with van der Waals surface area (Å²) in [5.74, 6) is 0.0487. The Morgan fingerprint density at radius 3 is 2.79 bits per heavy atom. The lowest BCUT2D eigenvalue weighted by atomic mass is 10.1. The topological polar surface area (TPSA) is 62.3 Å². The highest BCUT2D eigenvalue weighted by molar-refractivity contribution is 7.18. The van der Waals surface area contributed by atoms with E-state index in [4.69, 9.17) is 0 Å². The van der Waals surface area contributed by atoms with E-state index in [2.05, 4.69) is 36.3 Å². The largest absolute Gasteiger partial charge is 0.342 e. The molecule has 5 nitrogen and oxygen atoms in total. The highest BCUT2D eigenvalue weighted by atomic mass is 32.1. The first kappa shape index (κ1) is 19.6. The molecule has 1 saturated heterocycles. The molecule has 2 aromatic carbocycles. The number of benzene rings is 2. The van der Waals surface area contributed by atoms with Gasteiger partial charge in [-0.25, -0.2) is 4.98 Å². The SMILES string of the molecule is CC(C)c1nc2ccc(NC(=O)C3CC(=O)N(CCc4ccccc4)C3)cc2s1. The molecule has 1 unspecified atom stereocenters. The zero-order chi connectivity index (χ0) is 20.4. The minimum atomic E-state index is -0.304. The molecule has 2 amide bonds.